The molecule has 30 heavy (non-hydrogen) atoms. The summed E-state index contributed by atoms with van der Waals surface area (Å²) < 4.78 is 0. The smallest absolute Gasteiger partial charge is 0.345 e. The van der Waals surface area contributed by atoms with Gasteiger partial charge in [-0.3, -0.25) is 9.63 Å². The molecule has 1 aromatic rings. The molecule has 3 amide bonds. The van der Waals surface area contributed by atoms with E-state index in [9.17, 15) is 14.4 Å². The van der Waals surface area contributed by atoms with E-state index in [1.165, 1.54) is 5.06 Å². The van der Waals surface area contributed by atoms with Gasteiger partial charge < -0.3 is 19.8 Å². The Morgan fingerprint density at radius 2 is 2.00 bits per heavy atom. The first-order valence-electron chi connectivity index (χ1n) is 10.9. The number of fused-ring (bicyclic) bond motifs is 2. The van der Waals surface area contributed by atoms with E-state index in [-0.39, 0.29) is 24.0 Å². The number of carbonyl (C=O) groups is 3. The highest BCUT2D eigenvalue weighted by Gasteiger charge is 2.48. The van der Waals surface area contributed by atoms with Crippen molar-refractivity contribution >= 4 is 25.5 Å². The van der Waals surface area contributed by atoms with Crippen molar-refractivity contribution in [3.05, 3.63) is 35.9 Å². The van der Waals surface area contributed by atoms with Crippen LogP contribution in [-0.2, 0) is 21.0 Å². The van der Waals surface area contributed by atoms with Gasteiger partial charge in [0.25, 0.3) is 7.41 Å². The van der Waals surface area contributed by atoms with Crippen LogP contribution in [0.5, 0.6) is 0 Å². The Kier molecular flexibility index (Phi) is 6.69. The number of nitrogens with one attached hydrogen (secondary N) is 1. The van der Waals surface area contributed by atoms with Crippen molar-refractivity contribution in [3.8, 4) is 0 Å². The highest BCUT2D eigenvalue weighted by molar-refractivity contribution is 6.64. The van der Waals surface area contributed by atoms with Crippen molar-refractivity contribution in [3.63, 3.8) is 0 Å². The number of rotatable bonds is 7. The lowest BCUT2D eigenvalue weighted by atomic mass is 9.94. The third-order valence-corrected chi connectivity index (χ3v) is 6.34. The minimum absolute atomic E-state index is 0.0000391. The minimum atomic E-state index is -0.437. The summed E-state index contributed by atoms with van der Waals surface area (Å²) in [5.74, 6) is -0.0689. The quantitative estimate of drug-likeness (QED) is 0.532. The molecule has 3 saturated heterocycles. The van der Waals surface area contributed by atoms with Crippen LogP contribution in [-0.4, -0.2) is 78.1 Å². The molecule has 160 valence electrons. The minimum Gasteiger partial charge on any atom is -0.352 e. The van der Waals surface area contributed by atoms with Crippen LogP contribution in [0.3, 0.4) is 0 Å². The number of amides is 3. The molecule has 3 heterocycles. The molecule has 3 fully saturated rings. The standard InChI is InChI=1S/C21H29BN4O4/c27-15-22-24-11-4-7-17(10-12-24)23-20(28)19-9-8-18-13-25(19)21(29)26(18)30-14-16-5-2-1-3-6-16/h1-3,5-6,15,17-19,22H,4,7-14H2,(H,23,28)/t17-,18-,19+/m1/s1. The van der Waals surface area contributed by atoms with E-state index in [1.54, 1.807) is 4.90 Å². The number of carbonyl (C=O) groups excluding carboxylic acids is 3. The van der Waals surface area contributed by atoms with E-state index in [0.29, 0.717) is 27.0 Å². The van der Waals surface area contributed by atoms with E-state index in [2.05, 4.69) is 10.1 Å². The molecule has 2 bridgehead atoms. The molecule has 1 N–H and O–H groups in total. The summed E-state index contributed by atoms with van der Waals surface area (Å²) in [4.78, 5) is 46.2. The van der Waals surface area contributed by atoms with Crippen LogP contribution < -0.4 is 5.32 Å². The Morgan fingerprint density at radius 3 is 2.80 bits per heavy atom. The maximum absolute atomic E-state index is 13.0. The zero-order chi connectivity index (χ0) is 20.9. The van der Waals surface area contributed by atoms with Crippen LogP contribution in [0.1, 0.15) is 37.7 Å². The van der Waals surface area contributed by atoms with Crippen LogP contribution in [0.15, 0.2) is 30.3 Å². The van der Waals surface area contributed by atoms with Crippen molar-refractivity contribution in [2.45, 2.75) is 56.8 Å². The molecule has 8 nitrogen and oxygen atoms in total. The molecule has 4 rings (SSSR count). The first kappa shape index (κ1) is 20.9. The molecular formula is C21H29BN4O4. The van der Waals surface area contributed by atoms with Gasteiger partial charge >= 0.3 is 6.03 Å². The van der Waals surface area contributed by atoms with Gasteiger partial charge in [0.1, 0.15) is 12.6 Å². The number of hydroxylamine groups is 2. The van der Waals surface area contributed by atoms with Crippen LogP contribution in [0, 0.1) is 0 Å². The van der Waals surface area contributed by atoms with Crippen molar-refractivity contribution in [2.24, 2.45) is 0 Å². The number of benzene rings is 1. The number of nitrogens with zero attached hydrogens (tertiary/aromatic N) is 3. The molecule has 0 spiro atoms. The van der Waals surface area contributed by atoms with Crippen molar-refractivity contribution in [1.29, 1.82) is 0 Å². The largest absolute Gasteiger partial charge is 0.352 e. The van der Waals surface area contributed by atoms with Crippen LogP contribution in [0.4, 0.5) is 4.79 Å². The second-order valence-electron chi connectivity index (χ2n) is 8.37. The van der Waals surface area contributed by atoms with Gasteiger partial charge in [-0.2, -0.15) is 5.06 Å². The zero-order valence-electron chi connectivity index (χ0n) is 17.2. The predicted molar refractivity (Wildman–Crippen MR) is 113 cm³/mol. The van der Waals surface area contributed by atoms with E-state index >= 15 is 0 Å². The maximum Gasteiger partial charge on any atom is 0.345 e. The van der Waals surface area contributed by atoms with Gasteiger partial charge in [0.2, 0.25) is 5.91 Å². The van der Waals surface area contributed by atoms with Gasteiger partial charge in [0.05, 0.1) is 12.2 Å². The fourth-order valence-corrected chi connectivity index (χ4v) is 4.67. The lowest BCUT2D eigenvalue weighted by Gasteiger charge is -2.30. The Bertz CT molecular complexity index is 765. The molecule has 0 unspecified atom stereocenters. The van der Waals surface area contributed by atoms with Gasteiger partial charge in [-0.1, -0.05) is 30.3 Å². The van der Waals surface area contributed by atoms with E-state index in [1.807, 2.05) is 30.3 Å². The Balaban J connectivity index is 1.31. The number of urea groups is 1. The van der Waals surface area contributed by atoms with Crippen LogP contribution >= 0.6 is 0 Å². The van der Waals surface area contributed by atoms with Gasteiger partial charge in [0, 0.05) is 12.6 Å². The highest BCUT2D eigenvalue weighted by Crippen LogP contribution is 2.30. The molecular weight excluding hydrogens is 383 g/mol. The molecule has 3 atom stereocenters. The summed E-state index contributed by atoms with van der Waals surface area (Å²) in [6.45, 7) is 2.56. The van der Waals surface area contributed by atoms with Crippen LogP contribution in [0.2, 0.25) is 0 Å². The number of hydrogen-bond donors (Lipinski definition) is 1. The zero-order valence-corrected chi connectivity index (χ0v) is 17.2. The Labute approximate surface area is 177 Å². The number of piperidine rings is 1. The maximum atomic E-state index is 13.0. The van der Waals surface area contributed by atoms with Crippen LogP contribution in [0.25, 0.3) is 0 Å². The SMILES string of the molecule is O=CBN1CCC[C@@H](NC(=O)[C@@H]2CC[C@@H]3CN2C(=O)N3OCc2ccccc2)CC1. The third-order valence-electron chi connectivity index (χ3n) is 6.34. The van der Waals surface area contributed by atoms with Gasteiger partial charge in [-0.05, 0) is 50.8 Å². The topological polar surface area (TPSA) is 82.2 Å². The van der Waals surface area contributed by atoms with Crippen molar-refractivity contribution in [2.75, 3.05) is 19.6 Å². The second-order valence-corrected chi connectivity index (χ2v) is 8.37. The Hall–Kier alpha value is -2.39. The summed E-state index contributed by atoms with van der Waals surface area (Å²) in [6, 6.07) is 9.20. The molecule has 3 aliphatic rings. The molecule has 3 aliphatic heterocycles. The van der Waals surface area contributed by atoms with Crippen molar-refractivity contribution < 1.29 is 19.2 Å². The summed E-state index contributed by atoms with van der Waals surface area (Å²) in [6.07, 6.45) is 5.02. The molecule has 0 saturated carbocycles. The van der Waals surface area contributed by atoms with Crippen molar-refractivity contribution in [1.82, 2.24) is 20.1 Å². The third kappa shape index (κ3) is 4.68. The number of hydrogen-bond acceptors (Lipinski definition) is 5. The molecule has 0 aliphatic carbocycles. The average molecular weight is 412 g/mol. The van der Waals surface area contributed by atoms with E-state index in [4.69, 9.17) is 4.84 Å². The van der Waals surface area contributed by atoms with E-state index < -0.39 is 6.04 Å². The molecule has 1 aromatic carbocycles. The molecule has 0 aromatic heterocycles. The molecule has 0 radical (unpaired) electrons. The average Bonchev–Trinajstić information content (AvgIpc) is 2.89. The monoisotopic (exact) mass is 412 g/mol. The fraction of sp³-hybridized carbons (Fsp3) is 0.571. The first-order chi connectivity index (χ1) is 14.7. The van der Waals surface area contributed by atoms with Gasteiger partial charge in [-0.25, -0.2) is 4.79 Å². The van der Waals surface area contributed by atoms with E-state index in [0.717, 1.165) is 50.5 Å². The molecule has 9 heteroatoms. The Morgan fingerprint density at radius 1 is 1.17 bits per heavy atom. The summed E-state index contributed by atoms with van der Waals surface area (Å²) in [7, 11) is 0.450. The van der Waals surface area contributed by atoms with Gasteiger partial charge in [-0.15, -0.1) is 0 Å². The normalized spacial score (nSPS) is 26.9. The summed E-state index contributed by atoms with van der Waals surface area (Å²) in [5.41, 5.74) is 1.01. The highest BCUT2D eigenvalue weighted by atomic mass is 16.7. The lowest BCUT2D eigenvalue weighted by Crippen LogP contribution is -2.52. The first-order valence-corrected chi connectivity index (χ1v) is 10.9. The second kappa shape index (κ2) is 9.62. The lowest BCUT2D eigenvalue weighted by molar-refractivity contribution is -0.140. The summed E-state index contributed by atoms with van der Waals surface area (Å²) >= 11 is 0. The van der Waals surface area contributed by atoms with Gasteiger partial charge in [0.15, 0.2) is 0 Å². The summed E-state index contributed by atoms with van der Waals surface area (Å²) in [5, 5.41) is 4.62. The predicted octanol–water partition coefficient (Wildman–Crippen LogP) is 0.899. The fourth-order valence-electron chi connectivity index (χ4n) is 4.67.